The van der Waals surface area contributed by atoms with E-state index >= 15 is 0 Å². The van der Waals surface area contributed by atoms with Gasteiger partial charge in [-0.05, 0) is 42.8 Å². The quantitative estimate of drug-likeness (QED) is 0.788. The number of nitrogens with zero attached hydrogens (tertiary/aromatic N) is 1. The third-order valence-corrected chi connectivity index (χ3v) is 3.45. The maximum Gasteiger partial charge on any atom is 0.184 e. The molecular weight excluding hydrogens is 296 g/mol. The minimum atomic E-state index is -1.37. The molecule has 0 bridgehead atoms. The van der Waals surface area contributed by atoms with Crippen LogP contribution in [0.3, 0.4) is 0 Å². The summed E-state index contributed by atoms with van der Waals surface area (Å²) in [4.78, 5) is 12.4. The van der Waals surface area contributed by atoms with Crippen molar-refractivity contribution in [3.63, 3.8) is 0 Å². The van der Waals surface area contributed by atoms with Gasteiger partial charge in [-0.3, -0.25) is 4.79 Å². The van der Waals surface area contributed by atoms with E-state index in [0.29, 0.717) is 0 Å². The van der Waals surface area contributed by atoms with E-state index in [2.05, 4.69) is 0 Å². The summed E-state index contributed by atoms with van der Waals surface area (Å²) < 4.78 is 27.1. The second kappa shape index (κ2) is 6.02. The Kier molecular flexibility index (Phi) is 4.35. The van der Waals surface area contributed by atoms with Crippen LogP contribution < -0.4 is 0 Å². The number of carbonyl (C=O) groups is 1. The van der Waals surface area contributed by atoms with Gasteiger partial charge in [-0.25, -0.2) is 8.78 Å². The summed E-state index contributed by atoms with van der Waals surface area (Å²) in [7, 11) is 0. The largest absolute Gasteiger partial charge is 0.292 e. The molecule has 0 aliphatic rings. The lowest BCUT2D eigenvalue weighted by atomic mass is 9.91. The molecule has 2 rings (SSSR count). The molecule has 0 heterocycles. The molecule has 0 radical (unpaired) electrons. The summed E-state index contributed by atoms with van der Waals surface area (Å²) in [6, 6.07) is 9.44. The number of Topliss-reactive ketones (excluding diaryl/α,β-unsaturated/α-hetero) is 1. The molecule has 2 aromatic rings. The Balaban J connectivity index is 2.49. The van der Waals surface area contributed by atoms with E-state index in [1.165, 1.54) is 31.2 Å². The van der Waals surface area contributed by atoms with Gasteiger partial charge in [0.2, 0.25) is 0 Å². The van der Waals surface area contributed by atoms with Crippen molar-refractivity contribution in [3.05, 3.63) is 69.7 Å². The molecule has 0 N–H and O–H groups in total. The fourth-order valence-electron chi connectivity index (χ4n) is 2.01. The van der Waals surface area contributed by atoms with Gasteiger partial charge >= 0.3 is 0 Å². The van der Waals surface area contributed by atoms with Crippen LogP contribution in [0.25, 0.3) is 0 Å². The molecule has 21 heavy (non-hydrogen) atoms. The number of hydrogen-bond donors (Lipinski definition) is 0. The molecule has 0 spiro atoms. The summed E-state index contributed by atoms with van der Waals surface area (Å²) in [5.41, 5.74) is 0.255. The number of rotatable bonds is 3. The summed E-state index contributed by atoms with van der Waals surface area (Å²) in [5.74, 6) is -3.17. The van der Waals surface area contributed by atoms with Gasteiger partial charge in [0, 0.05) is 16.1 Å². The highest BCUT2D eigenvalue weighted by Crippen LogP contribution is 2.30. The van der Waals surface area contributed by atoms with Crippen LogP contribution in [0, 0.1) is 29.9 Å². The zero-order valence-electron chi connectivity index (χ0n) is 11.0. The zero-order valence-corrected chi connectivity index (χ0v) is 11.8. The molecular formula is C16H10ClF2NO. The standard InChI is InChI=1S/C16H10ClF2NO/c1-9-7-10(5-6-13(9)18)16(21)11(8-20)15-12(17)3-2-4-14(15)19/h2-7,11H,1H3. The second-order valence-electron chi connectivity index (χ2n) is 4.53. The first-order chi connectivity index (χ1) is 9.95. The Labute approximate surface area is 125 Å². The Morgan fingerprint density at radius 3 is 2.52 bits per heavy atom. The molecule has 0 aromatic heterocycles. The molecule has 1 unspecified atom stereocenters. The first-order valence-corrected chi connectivity index (χ1v) is 6.47. The maximum atomic E-state index is 13.9. The highest BCUT2D eigenvalue weighted by atomic mass is 35.5. The molecule has 2 nitrogen and oxygen atoms in total. The highest BCUT2D eigenvalue weighted by Gasteiger charge is 2.27. The Hall–Kier alpha value is -2.25. The van der Waals surface area contributed by atoms with Crippen molar-refractivity contribution >= 4 is 17.4 Å². The lowest BCUT2D eigenvalue weighted by molar-refractivity contribution is 0.0977. The number of carbonyl (C=O) groups excluding carboxylic acids is 1. The van der Waals surface area contributed by atoms with E-state index in [1.54, 1.807) is 6.07 Å². The maximum absolute atomic E-state index is 13.9. The Morgan fingerprint density at radius 2 is 1.95 bits per heavy atom. The lowest BCUT2D eigenvalue weighted by Crippen LogP contribution is -2.13. The fourth-order valence-corrected chi connectivity index (χ4v) is 2.28. The Morgan fingerprint density at radius 1 is 1.24 bits per heavy atom. The number of hydrogen-bond acceptors (Lipinski definition) is 2. The van der Waals surface area contributed by atoms with E-state index in [4.69, 9.17) is 11.6 Å². The minimum absolute atomic E-state index is 0.00809. The summed E-state index contributed by atoms with van der Waals surface area (Å²) in [6.45, 7) is 1.50. The van der Waals surface area contributed by atoms with Crippen LogP contribution in [0.2, 0.25) is 5.02 Å². The first-order valence-electron chi connectivity index (χ1n) is 6.09. The molecule has 2 aromatic carbocycles. The van der Waals surface area contributed by atoms with Crippen molar-refractivity contribution in [1.82, 2.24) is 0 Å². The molecule has 5 heteroatoms. The summed E-state index contributed by atoms with van der Waals surface area (Å²) >= 11 is 5.89. The molecule has 1 atom stereocenters. The normalized spacial score (nSPS) is 11.8. The molecule has 106 valence electrons. The van der Waals surface area contributed by atoms with E-state index in [9.17, 15) is 18.8 Å². The van der Waals surface area contributed by atoms with Gasteiger partial charge in [-0.15, -0.1) is 0 Å². The van der Waals surface area contributed by atoms with Crippen molar-refractivity contribution in [2.45, 2.75) is 12.8 Å². The van der Waals surface area contributed by atoms with Gasteiger partial charge in [-0.1, -0.05) is 17.7 Å². The van der Waals surface area contributed by atoms with E-state index < -0.39 is 23.3 Å². The average Bonchev–Trinajstić information content (AvgIpc) is 2.45. The molecule has 0 aliphatic carbocycles. The van der Waals surface area contributed by atoms with E-state index in [1.807, 2.05) is 0 Å². The Bertz CT molecular complexity index is 732. The third-order valence-electron chi connectivity index (χ3n) is 3.12. The number of nitriles is 1. The van der Waals surface area contributed by atoms with Crippen molar-refractivity contribution < 1.29 is 13.6 Å². The second-order valence-corrected chi connectivity index (χ2v) is 4.93. The van der Waals surface area contributed by atoms with Crippen molar-refractivity contribution in [3.8, 4) is 6.07 Å². The van der Waals surface area contributed by atoms with Crippen molar-refractivity contribution in [2.75, 3.05) is 0 Å². The third kappa shape index (κ3) is 2.93. The fraction of sp³-hybridized carbons (Fsp3) is 0.125. The topological polar surface area (TPSA) is 40.9 Å². The predicted octanol–water partition coefficient (Wildman–Crippen LogP) is 4.42. The zero-order chi connectivity index (χ0) is 15.6. The molecule has 0 fully saturated rings. The first kappa shape index (κ1) is 15.1. The van der Waals surface area contributed by atoms with Crippen LogP contribution in [0.5, 0.6) is 0 Å². The van der Waals surface area contributed by atoms with Crippen LogP contribution in [0.4, 0.5) is 8.78 Å². The molecule has 0 aliphatic heterocycles. The van der Waals surface area contributed by atoms with Gasteiger partial charge in [0.1, 0.15) is 17.6 Å². The number of ketones is 1. The van der Waals surface area contributed by atoms with Gasteiger partial charge < -0.3 is 0 Å². The molecule has 0 amide bonds. The van der Waals surface area contributed by atoms with Crippen molar-refractivity contribution in [2.24, 2.45) is 0 Å². The van der Waals surface area contributed by atoms with Crippen LogP contribution in [0.1, 0.15) is 27.4 Å². The smallest absolute Gasteiger partial charge is 0.184 e. The average molecular weight is 306 g/mol. The highest BCUT2D eigenvalue weighted by molar-refractivity contribution is 6.31. The number of halogens is 3. The molecule has 0 saturated carbocycles. The SMILES string of the molecule is Cc1cc(C(=O)C(C#N)c2c(F)cccc2Cl)ccc1F. The van der Waals surface area contributed by atoms with Crippen LogP contribution in [0.15, 0.2) is 36.4 Å². The van der Waals surface area contributed by atoms with Gasteiger partial charge in [-0.2, -0.15) is 5.26 Å². The number of benzene rings is 2. The number of aryl methyl sites for hydroxylation is 1. The van der Waals surface area contributed by atoms with Crippen LogP contribution in [-0.2, 0) is 0 Å². The summed E-state index contributed by atoms with van der Waals surface area (Å²) in [6.07, 6.45) is 0. The lowest BCUT2D eigenvalue weighted by Gasteiger charge is -2.12. The van der Waals surface area contributed by atoms with E-state index in [-0.39, 0.29) is 21.7 Å². The van der Waals surface area contributed by atoms with Crippen LogP contribution >= 0.6 is 11.6 Å². The predicted molar refractivity (Wildman–Crippen MR) is 75.2 cm³/mol. The minimum Gasteiger partial charge on any atom is -0.292 e. The van der Waals surface area contributed by atoms with Crippen LogP contribution in [-0.4, -0.2) is 5.78 Å². The monoisotopic (exact) mass is 305 g/mol. The van der Waals surface area contributed by atoms with E-state index in [0.717, 1.165) is 12.1 Å². The van der Waals surface area contributed by atoms with Gasteiger partial charge in [0.05, 0.1) is 6.07 Å². The van der Waals surface area contributed by atoms with Gasteiger partial charge in [0.15, 0.2) is 5.78 Å². The summed E-state index contributed by atoms with van der Waals surface area (Å²) in [5, 5.41) is 9.22. The molecule has 0 saturated heterocycles. The van der Waals surface area contributed by atoms with Crippen molar-refractivity contribution in [1.29, 1.82) is 5.26 Å². The van der Waals surface area contributed by atoms with Gasteiger partial charge in [0.25, 0.3) is 0 Å².